The van der Waals surface area contributed by atoms with Crippen molar-refractivity contribution in [2.45, 2.75) is 18.4 Å². The van der Waals surface area contributed by atoms with Crippen LogP contribution in [0.25, 0.3) is 0 Å². The lowest BCUT2D eigenvalue weighted by atomic mass is 10.2. The maximum absolute atomic E-state index is 13.5. The van der Waals surface area contributed by atoms with Crippen molar-refractivity contribution < 1.29 is 17.9 Å². The molecule has 0 heterocycles. The predicted octanol–water partition coefficient (Wildman–Crippen LogP) is 4.82. The molecule has 0 aliphatic carbocycles. The van der Waals surface area contributed by atoms with Crippen LogP contribution in [-0.4, -0.2) is 28.0 Å². The van der Waals surface area contributed by atoms with Crippen LogP contribution in [0.5, 0.6) is 5.75 Å². The summed E-state index contributed by atoms with van der Waals surface area (Å²) in [4.78, 5) is 12.9. The normalized spacial score (nSPS) is 11.1. The van der Waals surface area contributed by atoms with E-state index in [0.29, 0.717) is 21.4 Å². The molecule has 0 bridgehead atoms. The van der Waals surface area contributed by atoms with E-state index in [-0.39, 0.29) is 17.1 Å². The summed E-state index contributed by atoms with van der Waals surface area (Å²) in [5, 5.41) is 3.61. The molecule has 0 aromatic heterocycles. The first kappa shape index (κ1) is 23.9. The molecule has 0 aliphatic heterocycles. The number of amides is 1. The van der Waals surface area contributed by atoms with E-state index in [1.807, 2.05) is 6.92 Å². The zero-order valence-corrected chi connectivity index (χ0v) is 19.8. The van der Waals surface area contributed by atoms with Gasteiger partial charge in [0.2, 0.25) is 5.91 Å². The summed E-state index contributed by atoms with van der Waals surface area (Å²) in [6.07, 6.45) is 0. The Morgan fingerprint density at radius 1 is 1.03 bits per heavy atom. The number of hydrogen-bond acceptors (Lipinski definition) is 4. The van der Waals surface area contributed by atoms with Crippen LogP contribution in [0.1, 0.15) is 11.1 Å². The fraction of sp³-hybridized carbons (Fsp3) is 0.174. The van der Waals surface area contributed by atoms with Crippen LogP contribution < -0.4 is 14.4 Å². The minimum atomic E-state index is -4.05. The average Bonchev–Trinajstić information content (AvgIpc) is 2.77. The zero-order chi connectivity index (χ0) is 23.3. The Labute approximate surface area is 197 Å². The van der Waals surface area contributed by atoms with Crippen molar-refractivity contribution in [3.8, 4) is 5.75 Å². The molecule has 32 heavy (non-hydrogen) atoms. The van der Waals surface area contributed by atoms with Gasteiger partial charge in [-0.25, -0.2) is 8.42 Å². The van der Waals surface area contributed by atoms with Crippen LogP contribution in [0.4, 0.5) is 5.69 Å². The summed E-state index contributed by atoms with van der Waals surface area (Å²) in [7, 11) is -2.60. The van der Waals surface area contributed by atoms with Crippen LogP contribution in [0, 0.1) is 6.92 Å². The quantitative estimate of drug-likeness (QED) is 0.488. The fourth-order valence-electron chi connectivity index (χ4n) is 3.06. The molecule has 0 atom stereocenters. The molecule has 3 rings (SSSR count). The van der Waals surface area contributed by atoms with Crippen LogP contribution in [-0.2, 0) is 21.4 Å². The maximum Gasteiger partial charge on any atom is 0.264 e. The number of halogens is 2. The van der Waals surface area contributed by atoms with Crippen molar-refractivity contribution in [1.82, 2.24) is 5.32 Å². The number of nitrogens with one attached hydrogen (secondary N) is 1. The smallest absolute Gasteiger partial charge is 0.264 e. The second kappa shape index (κ2) is 10.3. The van der Waals surface area contributed by atoms with Gasteiger partial charge in [-0.15, -0.1) is 0 Å². The fourth-order valence-corrected chi connectivity index (χ4v) is 4.98. The molecule has 3 aromatic carbocycles. The number of ether oxygens (including phenoxy) is 1. The lowest BCUT2D eigenvalue weighted by molar-refractivity contribution is -0.119. The average molecular weight is 493 g/mol. The number of rotatable bonds is 8. The van der Waals surface area contributed by atoms with Gasteiger partial charge in [-0.2, -0.15) is 0 Å². The van der Waals surface area contributed by atoms with E-state index in [2.05, 4.69) is 5.32 Å². The summed E-state index contributed by atoms with van der Waals surface area (Å²) in [6.45, 7) is 1.51. The topological polar surface area (TPSA) is 75.7 Å². The Bertz CT molecular complexity index is 1220. The van der Waals surface area contributed by atoms with Crippen LogP contribution in [0.15, 0.2) is 71.6 Å². The molecule has 1 amide bonds. The van der Waals surface area contributed by atoms with Crippen molar-refractivity contribution in [3.63, 3.8) is 0 Å². The van der Waals surface area contributed by atoms with E-state index in [1.165, 1.54) is 19.2 Å². The van der Waals surface area contributed by atoms with E-state index in [1.54, 1.807) is 54.6 Å². The second-order valence-corrected chi connectivity index (χ2v) is 9.72. The molecule has 1 N–H and O–H groups in total. The van der Waals surface area contributed by atoms with Crippen LogP contribution in [0.3, 0.4) is 0 Å². The maximum atomic E-state index is 13.5. The Hall–Kier alpha value is -2.74. The minimum absolute atomic E-state index is 0.0668. The summed E-state index contributed by atoms with van der Waals surface area (Å²) >= 11 is 12.1. The van der Waals surface area contributed by atoms with Gasteiger partial charge in [0.05, 0.1) is 17.7 Å². The van der Waals surface area contributed by atoms with E-state index in [0.717, 1.165) is 9.87 Å². The molecule has 9 heteroatoms. The van der Waals surface area contributed by atoms with Gasteiger partial charge in [0, 0.05) is 16.6 Å². The number of carbonyl (C=O) groups excluding carboxylic acids is 1. The zero-order valence-electron chi connectivity index (χ0n) is 17.5. The number of benzene rings is 3. The van der Waals surface area contributed by atoms with Gasteiger partial charge >= 0.3 is 0 Å². The number of aryl methyl sites for hydroxylation is 1. The van der Waals surface area contributed by atoms with Gasteiger partial charge in [-0.3, -0.25) is 9.10 Å². The van der Waals surface area contributed by atoms with E-state index in [4.69, 9.17) is 27.9 Å². The molecule has 168 valence electrons. The minimum Gasteiger partial charge on any atom is -0.495 e. The van der Waals surface area contributed by atoms with Crippen molar-refractivity contribution in [2.75, 3.05) is 18.0 Å². The van der Waals surface area contributed by atoms with Gasteiger partial charge in [0.25, 0.3) is 10.0 Å². The molecule has 0 saturated carbocycles. The third kappa shape index (κ3) is 5.54. The molecule has 6 nitrogen and oxygen atoms in total. The first-order chi connectivity index (χ1) is 15.2. The highest BCUT2D eigenvalue weighted by atomic mass is 35.5. The van der Waals surface area contributed by atoms with E-state index < -0.39 is 22.5 Å². The van der Waals surface area contributed by atoms with Gasteiger partial charge in [0.15, 0.2) is 0 Å². The molecular weight excluding hydrogens is 471 g/mol. The Morgan fingerprint density at radius 2 is 1.75 bits per heavy atom. The summed E-state index contributed by atoms with van der Waals surface area (Å²) in [5.41, 5.74) is 1.76. The third-order valence-electron chi connectivity index (χ3n) is 4.71. The Balaban J connectivity index is 1.93. The molecular formula is C23H22Cl2N2O4S. The van der Waals surface area contributed by atoms with Crippen LogP contribution >= 0.6 is 23.2 Å². The number of methoxy groups -OCH3 is 1. The monoisotopic (exact) mass is 492 g/mol. The molecule has 0 fully saturated rings. The predicted molar refractivity (Wildman–Crippen MR) is 127 cm³/mol. The number of hydrogen-bond donors (Lipinski definition) is 1. The second-order valence-electron chi connectivity index (χ2n) is 7.01. The molecule has 0 saturated heterocycles. The van der Waals surface area contributed by atoms with E-state index in [9.17, 15) is 13.2 Å². The first-order valence-corrected chi connectivity index (χ1v) is 11.8. The molecule has 3 aromatic rings. The summed E-state index contributed by atoms with van der Waals surface area (Å²) in [5.74, 6) is -0.164. The molecule has 0 unspecified atom stereocenters. The van der Waals surface area contributed by atoms with Crippen molar-refractivity contribution in [2.24, 2.45) is 0 Å². The van der Waals surface area contributed by atoms with Gasteiger partial charge in [-0.05, 0) is 54.4 Å². The highest BCUT2D eigenvalue weighted by molar-refractivity contribution is 7.92. The van der Waals surface area contributed by atoms with Crippen LogP contribution in [0.2, 0.25) is 10.0 Å². The highest BCUT2D eigenvalue weighted by Gasteiger charge is 2.29. The highest BCUT2D eigenvalue weighted by Crippen LogP contribution is 2.33. The Morgan fingerprint density at radius 3 is 2.41 bits per heavy atom. The summed E-state index contributed by atoms with van der Waals surface area (Å²) < 4.78 is 33.4. The molecule has 0 radical (unpaired) electrons. The van der Waals surface area contributed by atoms with Gasteiger partial charge in [0.1, 0.15) is 12.3 Å². The number of carbonyl (C=O) groups is 1. The SMILES string of the molecule is COc1ccc(C)cc1N(CC(=O)NCc1ccc(Cl)cc1Cl)S(=O)(=O)c1ccccc1. The summed E-state index contributed by atoms with van der Waals surface area (Å²) in [6, 6.07) is 18.0. The van der Waals surface area contributed by atoms with Crippen molar-refractivity contribution >= 4 is 44.8 Å². The Kier molecular flexibility index (Phi) is 7.66. The molecule has 0 aliphatic rings. The standard InChI is InChI=1S/C23H22Cl2N2O4S/c1-16-8-11-22(31-2)21(12-16)27(32(29,30)19-6-4-3-5-7-19)15-23(28)26-14-17-9-10-18(24)13-20(17)25/h3-13H,14-15H2,1-2H3,(H,26,28). The molecule has 0 spiro atoms. The number of sulfonamides is 1. The number of anilines is 1. The van der Waals surface area contributed by atoms with Gasteiger partial charge in [-0.1, -0.05) is 53.5 Å². The number of nitrogens with zero attached hydrogens (tertiary/aromatic N) is 1. The van der Waals surface area contributed by atoms with E-state index >= 15 is 0 Å². The largest absolute Gasteiger partial charge is 0.495 e. The van der Waals surface area contributed by atoms with Crippen molar-refractivity contribution in [3.05, 3.63) is 87.9 Å². The third-order valence-corrected chi connectivity index (χ3v) is 7.07. The lowest BCUT2D eigenvalue weighted by Gasteiger charge is -2.26. The van der Waals surface area contributed by atoms with Gasteiger partial charge < -0.3 is 10.1 Å². The van der Waals surface area contributed by atoms with Crippen molar-refractivity contribution in [1.29, 1.82) is 0 Å². The first-order valence-electron chi connectivity index (χ1n) is 9.65. The lowest BCUT2D eigenvalue weighted by Crippen LogP contribution is -2.41.